The first-order chi connectivity index (χ1) is 15.8. The average Bonchev–Trinajstić information content (AvgIpc) is 2.86. The van der Waals surface area contributed by atoms with Crippen molar-refractivity contribution in [3.8, 4) is 33.9 Å². The number of nitrogens with one attached hydrogen (secondary N) is 2. The molecule has 0 spiro atoms. The second kappa shape index (κ2) is 7.67. The van der Waals surface area contributed by atoms with Crippen LogP contribution in [0, 0.1) is 0 Å². The molecular weight excluding hydrogens is 392 g/mol. The lowest BCUT2D eigenvalue weighted by Gasteiger charge is -2.19. The van der Waals surface area contributed by atoms with Gasteiger partial charge in [-0.2, -0.15) is 0 Å². The summed E-state index contributed by atoms with van der Waals surface area (Å²) in [7, 11) is 0. The lowest BCUT2D eigenvalue weighted by atomic mass is 10.1. The van der Waals surface area contributed by atoms with Gasteiger partial charge < -0.3 is 10.6 Å². The highest BCUT2D eigenvalue weighted by Gasteiger charge is 2.14. The van der Waals surface area contributed by atoms with E-state index in [1.807, 2.05) is 72.8 Å². The molecule has 32 heavy (non-hydrogen) atoms. The van der Waals surface area contributed by atoms with Crippen LogP contribution in [0.3, 0.4) is 0 Å². The van der Waals surface area contributed by atoms with E-state index in [-0.39, 0.29) is 0 Å². The smallest absolute Gasteiger partial charge is 0.0893 e. The number of fused-ring (bicyclic) bond motifs is 10. The van der Waals surface area contributed by atoms with Gasteiger partial charge in [0.1, 0.15) is 0 Å². The summed E-state index contributed by atoms with van der Waals surface area (Å²) in [6.45, 7) is 0. The number of rotatable bonds is 0. The van der Waals surface area contributed by atoms with Gasteiger partial charge >= 0.3 is 0 Å². The molecule has 4 heteroatoms. The number of nitrogens with zero attached hydrogens (tertiary/aromatic N) is 2. The van der Waals surface area contributed by atoms with E-state index >= 15 is 0 Å². The minimum Gasteiger partial charge on any atom is -0.353 e. The zero-order valence-corrected chi connectivity index (χ0v) is 17.3. The maximum absolute atomic E-state index is 4.97. The maximum atomic E-state index is 4.97. The number of pyridine rings is 2. The van der Waals surface area contributed by atoms with Gasteiger partial charge in [0, 0.05) is 22.5 Å². The summed E-state index contributed by atoms with van der Waals surface area (Å²) in [5.41, 5.74) is 9.56. The summed E-state index contributed by atoms with van der Waals surface area (Å²) in [6, 6.07) is 36.9. The number of benzene rings is 3. The molecule has 152 valence electrons. The molecule has 5 aromatic rings. The van der Waals surface area contributed by atoms with Gasteiger partial charge in [0.05, 0.1) is 34.2 Å². The molecule has 4 nitrogen and oxygen atoms in total. The lowest BCUT2D eigenvalue weighted by molar-refractivity contribution is 1.25. The maximum Gasteiger partial charge on any atom is 0.0893 e. The van der Waals surface area contributed by atoms with Crippen LogP contribution in [0.2, 0.25) is 0 Å². The van der Waals surface area contributed by atoms with Crippen LogP contribution in [0.1, 0.15) is 0 Å². The molecule has 0 fully saturated rings. The van der Waals surface area contributed by atoms with Crippen LogP contribution in [0.15, 0.2) is 109 Å². The first kappa shape index (κ1) is 18.3. The van der Waals surface area contributed by atoms with E-state index in [0.717, 1.165) is 56.7 Å². The molecule has 0 unspecified atom stereocenters. The van der Waals surface area contributed by atoms with Gasteiger partial charge in [-0.25, -0.2) is 9.97 Å². The predicted octanol–water partition coefficient (Wildman–Crippen LogP) is 7.28. The SMILES string of the molecule is c1cc2nc(c1)-c1ccccc1Nc1ccccc1Nc1ccccc1-c1cccc-2n1. The third-order valence-electron chi connectivity index (χ3n) is 5.63. The predicted molar refractivity (Wildman–Crippen MR) is 131 cm³/mol. The molecule has 0 saturated carbocycles. The Morgan fingerprint density at radius 1 is 0.344 bits per heavy atom. The number of hydrogen-bond acceptors (Lipinski definition) is 4. The summed E-state index contributed by atoms with van der Waals surface area (Å²) >= 11 is 0. The van der Waals surface area contributed by atoms with E-state index in [4.69, 9.17) is 9.97 Å². The van der Waals surface area contributed by atoms with Crippen molar-refractivity contribution in [2.75, 3.05) is 10.6 Å². The Bertz CT molecular complexity index is 1330. The van der Waals surface area contributed by atoms with Crippen molar-refractivity contribution in [2.24, 2.45) is 0 Å². The molecule has 1 aliphatic heterocycles. The van der Waals surface area contributed by atoms with Crippen LogP contribution in [-0.4, -0.2) is 9.97 Å². The van der Waals surface area contributed by atoms with Crippen molar-refractivity contribution in [1.82, 2.24) is 9.97 Å². The molecule has 0 radical (unpaired) electrons. The minimum absolute atomic E-state index is 0.849. The highest BCUT2D eigenvalue weighted by Crippen LogP contribution is 2.37. The first-order valence-electron chi connectivity index (χ1n) is 10.6. The highest BCUT2D eigenvalue weighted by atomic mass is 15.0. The van der Waals surface area contributed by atoms with Crippen molar-refractivity contribution in [1.29, 1.82) is 0 Å². The van der Waals surface area contributed by atoms with E-state index in [1.165, 1.54) is 0 Å². The van der Waals surface area contributed by atoms with Crippen molar-refractivity contribution in [3.63, 3.8) is 0 Å². The fourth-order valence-corrected chi connectivity index (χ4v) is 4.08. The third kappa shape index (κ3) is 3.28. The monoisotopic (exact) mass is 412 g/mol. The van der Waals surface area contributed by atoms with Crippen molar-refractivity contribution < 1.29 is 0 Å². The number of hydrogen-bond donors (Lipinski definition) is 2. The van der Waals surface area contributed by atoms with Gasteiger partial charge in [-0.1, -0.05) is 60.7 Å². The average molecular weight is 412 g/mol. The molecule has 0 saturated heterocycles. The second-order valence-electron chi connectivity index (χ2n) is 7.70. The Labute approximate surface area is 186 Å². The molecule has 0 amide bonds. The lowest BCUT2D eigenvalue weighted by Crippen LogP contribution is -2.01. The Balaban J connectivity index is 1.64. The van der Waals surface area contributed by atoms with Gasteiger partial charge in [-0.3, -0.25) is 0 Å². The summed E-state index contributed by atoms with van der Waals surface area (Å²) in [5, 5.41) is 7.25. The van der Waals surface area contributed by atoms with Gasteiger partial charge in [0.25, 0.3) is 0 Å². The van der Waals surface area contributed by atoms with Gasteiger partial charge in [-0.05, 0) is 48.5 Å². The quantitative estimate of drug-likeness (QED) is 0.275. The molecule has 0 aliphatic carbocycles. The van der Waals surface area contributed by atoms with Crippen LogP contribution in [0.4, 0.5) is 22.7 Å². The molecule has 3 heterocycles. The van der Waals surface area contributed by atoms with Gasteiger partial charge in [0.2, 0.25) is 0 Å². The van der Waals surface area contributed by atoms with Crippen molar-refractivity contribution in [3.05, 3.63) is 109 Å². The van der Waals surface area contributed by atoms with Crippen molar-refractivity contribution in [2.45, 2.75) is 0 Å². The summed E-state index contributed by atoms with van der Waals surface area (Å²) in [5.74, 6) is 0. The Morgan fingerprint density at radius 2 is 0.719 bits per heavy atom. The molecule has 3 aromatic carbocycles. The van der Waals surface area contributed by atoms with E-state index in [1.54, 1.807) is 0 Å². The summed E-state index contributed by atoms with van der Waals surface area (Å²) < 4.78 is 0. The Hall–Kier alpha value is -4.44. The Kier molecular flexibility index (Phi) is 4.40. The topological polar surface area (TPSA) is 49.8 Å². The number of anilines is 4. The summed E-state index contributed by atoms with van der Waals surface area (Å²) in [4.78, 5) is 9.94. The van der Waals surface area contributed by atoms with E-state index in [0.29, 0.717) is 0 Å². The van der Waals surface area contributed by atoms with E-state index in [9.17, 15) is 0 Å². The largest absolute Gasteiger partial charge is 0.353 e. The molecule has 6 rings (SSSR count). The number of aromatic nitrogens is 2. The second-order valence-corrected chi connectivity index (χ2v) is 7.70. The summed E-state index contributed by atoms with van der Waals surface area (Å²) in [6.07, 6.45) is 0. The zero-order valence-electron chi connectivity index (χ0n) is 17.3. The standard InChI is InChI=1S/C28H20N4/c1-3-11-21-19(9-1)23-15-7-17-27(31-23)28-18-8-16-24(32-28)20-10-2-4-12-22(20)30-26-14-6-5-13-25(26)29-21/h1-18,29-30H. The molecular formula is C28H20N4. The first-order valence-corrected chi connectivity index (χ1v) is 10.6. The van der Waals surface area contributed by atoms with Crippen LogP contribution >= 0.6 is 0 Å². The molecule has 4 bridgehead atoms. The molecule has 2 N–H and O–H groups in total. The Morgan fingerprint density at radius 3 is 1.19 bits per heavy atom. The zero-order chi connectivity index (χ0) is 21.3. The van der Waals surface area contributed by atoms with Crippen LogP contribution < -0.4 is 10.6 Å². The minimum atomic E-state index is 0.849. The fourth-order valence-electron chi connectivity index (χ4n) is 4.08. The fraction of sp³-hybridized carbons (Fsp3) is 0. The third-order valence-corrected chi connectivity index (χ3v) is 5.63. The molecule has 2 aromatic heterocycles. The van der Waals surface area contributed by atoms with Crippen LogP contribution in [0.5, 0.6) is 0 Å². The van der Waals surface area contributed by atoms with Gasteiger partial charge in [-0.15, -0.1) is 0 Å². The van der Waals surface area contributed by atoms with Crippen molar-refractivity contribution >= 4 is 22.7 Å². The van der Waals surface area contributed by atoms with Crippen LogP contribution in [0.25, 0.3) is 33.9 Å². The van der Waals surface area contributed by atoms with Gasteiger partial charge in [0.15, 0.2) is 0 Å². The number of para-hydroxylation sites is 4. The van der Waals surface area contributed by atoms with E-state index in [2.05, 4.69) is 47.0 Å². The normalized spacial score (nSPS) is 11.6. The molecule has 0 atom stereocenters. The van der Waals surface area contributed by atoms with Crippen LogP contribution in [-0.2, 0) is 0 Å². The molecule has 1 aliphatic rings. The highest BCUT2D eigenvalue weighted by molar-refractivity contribution is 5.88. The van der Waals surface area contributed by atoms with E-state index < -0.39 is 0 Å².